The van der Waals surface area contributed by atoms with Gasteiger partial charge in [-0.15, -0.1) is 0 Å². The van der Waals surface area contributed by atoms with Crippen molar-refractivity contribution in [3.63, 3.8) is 0 Å². The summed E-state index contributed by atoms with van der Waals surface area (Å²) >= 11 is 0. The first-order chi connectivity index (χ1) is 9.00. The van der Waals surface area contributed by atoms with Crippen LogP contribution < -0.4 is 4.90 Å². The Hall–Kier alpha value is -1.58. The molecule has 1 aliphatic rings. The smallest absolute Gasteiger partial charge is 0.339 e. The van der Waals surface area contributed by atoms with Crippen LogP contribution in [0.4, 0.5) is 5.82 Å². The third-order valence-electron chi connectivity index (χ3n) is 4.00. The summed E-state index contributed by atoms with van der Waals surface area (Å²) in [6.07, 6.45) is 6.00. The summed E-state index contributed by atoms with van der Waals surface area (Å²) in [6, 6.07) is 2.25. The molecule has 1 aromatic heterocycles. The van der Waals surface area contributed by atoms with Gasteiger partial charge in [-0.3, -0.25) is 0 Å². The van der Waals surface area contributed by atoms with Gasteiger partial charge < -0.3 is 10.0 Å². The number of carbonyl (C=O) groups is 1. The maximum atomic E-state index is 11.5. The Balaban J connectivity index is 2.39. The lowest BCUT2D eigenvalue weighted by Gasteiger charge is -2.33. The lowest BCUT2D eigenvalue weighted by atomic mass is 9.94. The summed E-state index contributed by atoms with van der Waals surface area (Å²) in [4.78, 5) is 18.0. The van der Waals surface area contributed by atoms with Crippen LogP contribution in [0.5, 0.6) is 0 Å². The van der Waals surface area contributed by atoms with Crippen LogP contribution in [0.25, 0.3) is 0 Å². The van der Waals surface area contributed by atoms with Gasteiger partial charge >= 0.3 is 5.97 Å². The zero-order chi connectivity index (χ0) is 14.0. The van der Waals surface area contributed by atoms with Crippen LogP contribution in [0.1, 0.15) is 53.7 Å². The molecule has 0 amide bonds. The molecular weight excluding hydrogens is 240 g/mol. The van der Waals surface area contributed by atoms with E-state index in [2.05, 4.69) is 9.88 Å². The van der Waals surface area contributed by atoms with Gasteiger partial charge in [0.2, 0.25) is 0 Å². The number of nitrogens with zero attached hydrogens (tertiary/aromatic N) is 2. The zero-order valence-corrected chi connectivity index (χ0v) is 11.9. The summed E-state index contributed by atoms with van der Waals surface area (Å²) < 4.78 is 0. The second-order valence-electron chi connectivity index (χ2n) is 5.49. The molecule has 1 aliphatic carbocycles. The minimum atomic E-state index is -0.886. The summed E-state index contributed by atoms with van der Waals surface area (Å²) in [5.74, 6) is -0.264. The van der Waals surface area contributed by atoms with Crippen LogP contribution in [-0.2, 0) is 0 Å². The van der Waals surface area contributed by atoms with Gasteiger partial charge in [0.05, 0.1) is 0 Å². The Kier molecular flexibility index (Phi) is 4.08. The van der Waals surface area contributed by atoms with Gasteiger partial charge in [-0.05, 0) is 38.3 Å². The molecule has 0 radical (unpaired) electrons. The molecular formula is C15H22N2O2. The number of rotatable bonds is 3. The summed E-state index contributed by atoms with van der Waals surface area (Å²) in [5.41, 5.74) is 2.01. The molecule has 1 aromatic rings. The second-order valence-corrected chi connectivity index (χ2v) is 5.49. The SMILES string of the molecule is Cc1cc(C)c(C(=O)O)c(N(C)C2CCCCC2)n1. The summed E-state index contributed by atoms with van der Waals surface area (Å²) in [6.45, 7) is 3.76. The largest absolute Gasteiger partial charge is 0.478 e. The minimum Gasteiger partial charge on any atom is -0.478 e. The highest BCUT2D eigenvalue weighted by molar-refractivity contribution is 5.95. The van der Waals surface area contributed by atoms with E-state index in [-0.39, 0.29) is 0 Å². The fourth-order valence-electron chi connectivity index (χ4n) is 2.98. The highest BCUT2D eigenvalue weighted by Crippen LogP contribution is 2.29. The molecule has 104 valence electrons. The van der Waals surface area contributed by atoms with Crippen LogP contribution in [0.15, 0.2) is 6.07 Å². The first kappa shape index (κ1) is 13.8. The van der Waals surface area contributed by atoms with Gasteiger partial charge in [-0.2, -0.15) is 0 Å². The Morgan fingerprint density at radius 2 is 1.95 bits per heavy atom. The average Bonchev–Trinajstić information content (AvgIpc) is 2.37. The fraction of sp³-hybridized carbons (Fsp3) is 0.600. The van der Waals surface area contributed by atoms with Crippen LogP contribution >= 0.6 is 0 Å². The Bertz CT molecular complexity index is 479. The van der Waals surface area contributed by atoms with Crippen LogP contribution in [-0.4, -0.2) is 29.1 Å². The van der Waals surface area contributed by atoms with E-state index in [0.717, 1.165) is 24.1 Å². The minimum absolute atomic E-state index is 0.346. The standard InChI is InChI=1S/C15H22N2O2/c1-10-9-11(2)16-14(13(10)15(18)19)17(3)12-7-5-4-6-8-12/h9,12H,4-8H2,1-3H3,(H,18,19). The van der Waals surface area contributed by atoms with Gasteiger partial charge in [0, 0.05) is 18.8 Å². The first-order valence-corrected chi connectivity index (χ1v) is 6.95. The van der Waals surface area contributed by atoms with Gasteiger partial charge in [-0.1, -0.05) is 19.3 Å². The van der Waals surface area contributed by atoms with Crippen LogP contribution in [0.3, 0.4) is 0 Å². The van der Waals surface area contributed by atoms with Crippen LogP contribution in [0.2, 0.25) is 0 Å². The topological polar surface area (TPSA) is 53.4 Å². The van der Waals surface area contributed by atoms with Crippen LogP contribution in [0, 0.1) is 13.8 Å². The number of aromatic carboxylic acids is 1. The molecule has 0 aromatic carbocycles. The van der Waals surface area contributed by atoms with Gasteiger partial charge in [0.1, 0.15) is 11.4 Å². The molecule has 0 spiro atoms. The highest BCUT2D eigenvalue weighted by Gasteiger charge is 2.24. The molecule has 0 atom stereocenters. The quantitative estimate of drug-likeness (QED) is 0.909. The van der Waals surface area contributed by atoms with Crippen molar-refractivity contribution < 1.29 is 9.90 Å². The lowest BCUT2D eigenvalue weighted by molar-refractivity contribution is 0.0696. The molecule has 0 bridgehead atoms. The number of aromatic nitrogens is 1. The average molecular weight is 262 g/mol. The Morgan fingerprint density at radius 3 is 2.53 bits per heavy atom. The van der Waals surface area contributed by atoms with Crippen molar-refractivity contribution in [3.8, 4) is 0 Å². The molecule has 1 fully saturated rings. The first-order valence-electron chi connectivity index (χ1n) is 6.95. The van der Waals surface area contributed by atoms with Crippen molar-refractivity contribution >= 4 is 11.8 Å². The van der Waals surface area contributed by atoms with Gasteiger partial charge in [0.15, 0.2) is 0 Å². The van der Waals surface area contributed by atoms with Crippen molar-refractivity contribution in [2.75, 3.05) is 11.9 Å². The summed E-state index contributed by atoms with van der Waals surface area (Å²) in [7, 11) is 1.98. The normalized spacial score (nSPS) is 16.4. The molecule has 0 unspecified atom stereocenters. The van der Waals surface area contributed by atoms with E-state index in [1.165, 1.54) is 19.3 Å². The second kappa shape index (κ2) is 5.59. The maximum absolute atomic E-state index is 11.5. The number of aryl methyl sites for hydroxylation is 2. The molecule has 19 heavy (non-hydrogen) atoms. The molecule has 1 saturated carbocycles. The summed E-state index contributed by atoms with van der Waals surface area (Å²) in [5, 5.41) is 9.42. The lowest BCUT2D eigenvalue weighted by Crippen LogP contribution is -2.35. The fourth-order valence-corrected chi connectivity index (χ4v) is 2.98. The monoisotopic (exact) mass is 262 g/mol. The van der Waals surface area contributed by atoms with E-state index in [4.69, 9.17) is 0 Å². The predicted molar refractivity (Wildman–Crippen MR) is 75.9 cm³/mol. The Labute approximate surface area is 114 Å². The number of carboxylic acid groups (broad SMARTS) is 1. The number of hydrogen-bond donors (Lipinski definition) is 1. The van der Waals surface area contributed by atoms with E-state index in [1.54, 1.807) is 0 Å². The molecule has 4 nitrogen and oxygen atoms in total. The van der Waals surface area contributed by atoms with Crippen molar-refractivity contribution in [2.45, 2.75) is 52.0 Å². The molecule has 4 heteroatoms. The van der Waals surface area contributed by atoms with Crippen molar-refractivity contribution in [1.82, 2.24) is 4.98 Å². The third-order valence-corrected chi connectivity index (χ3v) is 4.00. The number of hydrogen-bond acceptors (Lipinski definition) is 3. The van der Waals surface area contributed by atoms with Gasteiger partial charge in [-0.25, -0.2) is 9.78 Å². The van der Waals surface area contributed by atoms with Gasteiger partial charge in [0.25, 0.3) is 0 Å². The highest BCUT2D eigenvalue weighted by atomic mass is 16.4. The zero-order valence-electron chi connectivity index (χ0n) is 11.9. The van der Waals surface area contributed by atoms with Crippen molar-refractivity contribution in [2.24, 2.45) is 0 Å². The molecule has 0 saturated heterocycles. The van der Waals surface area contributed by atoms with E-state index in [0.29, 0.717) is 17.4 Å². The van der Waals surface area contributed by atoms with E-state index in [1.807, 2.05) is 27.0 Å². The maximum Gasteiger partial charge on any atom is 0.339 e. The Morgan fingerprint density at radius 1 is 1.32 bits per heavy atom. The number of carboxylic acids is 1. The van der Waals surface area contributed by atoms with Crippen molar-refractivity contribution in [3.05, 3.63) is 22.9 Å². The molecule has 0 aliphatic heterocycles. The number of anilines is 1. The number of pyridine rings is 1. The van der Waals surface area contributed by atoms with Crippen molar-refractivity contribution in [1.29, 1.82) is 0 Å². The van der Waals surface area contributed by atoms with E-state index in [9.17, 15) is 9.90 Å². The molecule has 2 rings (SSSR count). The molecule has 1 N–H and O–H groups in total. The predicted octanol–water partition coefficient (Wildman–Crippen LogP) is 3.17. The van der Waals surface area contributed by atoms with E-state index >= 15 is 0 Å². The van der Waals surface area contributed by atoms with E-state index < -0.39 is 5.97 Å². The molecule has 1 heterocycles. The third kappa shape index (κ3) is 2.88.